The smallest absolute Gasteiger partial charge is 0.212 e. The van der Waals surface area contributed by atoms with E-state index < -0.39 is 19.9 Å². The molecule has 0 aliphatic carbocycles. The van der Waals surface area contributed by atoms with Crippen molar-refractivity contribution in [3.63, 3.8) is 0 Å². The number of nitrogens with one attached hydrogen (secondary N) is 2. The van der Waals surface area contributed by atoms with Gasteiger partial charge in [-0.3, -0.25) is 0 Å². The first-order chi connectivity index (χ1) is 7.68. The van der Waals surface area contributed by atoms with Gasteiger partial charge in [0, 0.05) is 18.8 Å². The lowest BCUT2D eigenvalue weighted by Gasteiger charge is -2.28. The minimum atomic E-state index is -3.51. The van der Waals surface area contributed by atoms with Crippen LogP contribution < -0.4 is 10.0 Å². The van der Waals surface area contributed by atoms with Crippen LogP contribution in [0.15, 0.2) is 0 Å². The van der Waals surface area contributed by atoms with Crippen molar-refractivity contribution in [3.8, 4) is 0 Å². The standard InChI is InChI=1S/C9H20N2O4S2/c1-8-5-9(7-10-6-8)11-17(14,15)4-3-16(2,12)13/h8-11H,3-7H2,1-2H3. The molecule has 1 aliphatic heterocycles. The van der Waals surface area contributed by atoms with Crippen LogP contribution >= 0.6 is 0 Å². The maximum atomic E-state index is 11.6. The highest BCUT2D eigenvalue weighted by Gasteiger charge is 2.23. The maximum absolute atomic E-state index is 11.6. The Bertz CT molecular complexity index is 444. The van der Waals surface area contributed by atoms with Gasteiger partial charge in [0.1, 0.15) is 9.84 Å². The lowest BCUT2D eigenvalue weighted by molar-refractivity contribution is 0.346. The molecule has 0 spiro atoms. The Morgan fingerprint density at radius 3 is 2.35 bits per heavy atom. The highest BCUT2D eigenvalue weighted by Crippen LogP contribution is 2.10. The zero-order valence-corrected chi connectivity index (χ0v) is 11.8. The minimum Gasteiger partial charge on any atom is -0.315 e. The van der Waals surface area contributed by atoms with E-state index in [1.807, 2.05) is 6.92 Å². The lowest BCUT2D eigenvalue weighted by atomic mass is 9.99. The van der Waals surface area contributed by atoms with E-state index >= 15 is 0 Å². The molecule has 1 aliphatic rings. The Kier molecular flexibility index (Phi) is 4.94. The Hall–Kier alpha value is -0.180. The summed E-state index contributed by atoms with van der Waals surface area (Å²) in [6.07, 6.45) is 1.82. The second kappa shape index (κ2) is 5.64. The largest absolute Gasteiger partial charge is 0.315 e. The van der Waals surface area contributed by atoms with E-state index in [-0.39, 0.29) is 17.5 Å². The van der Waals surface area contributed by atoms with Gasteiger partial charge in [-0.15, -0.1) is 0 Å². The first-order valence-electron chi connectivity index (χ1n) is 5.56. The van der Waals surface area contributed by atoms with Crippen LogP contribution in [0.25, 0.3) is 0 Å². The second-order valence-corrected chi connectivity index (χ2v) is 8.90. The van der Waals surface area contributed by atoms with Gasteiger partial charge in [-0.2, -0.15) is 0 Å². The van der Waals surface area contributed by atoms with E-state index in [1.165, 1.54) is 0 Å². The average Bonchev–Trinajstić information content (AvgIpc) is 2.13. The first-order valence-corrected chi connectivity index (χ1v) is 9.28. The molecular weight excluding hydrogens is 264 g/mol. The van der Waals surface area contributed by atoms with Gasteiger partial charge in [-0.1, -0.05) is 6.92 Å². The van der Waals surface area contributed by atoms with Crippen molar-refractivity contribution < 1.29 is 16.8 Å². The Morgan fingerprint density at radius 1 is 1.18 bits per heavy atom. The van der Waals surface area contributed by atoms with Gasteiger partial charge in [-0.25, -0.2) is 21.6 Å². The molecule has 6 nitrogen and oxygen atoms in total. The van der Waals surface area contributed by atoms with Crippen molar-refractivity contribution in [2.75, 3.05) is 30.9 Å². The van der Waals surface area contributed by atoms with E-state index in [0.29, 0.717) is 12.5 Å². The van der Waals surface area contributed by atoms with Crippen molar-refractivity contribution in [1.29, 1.82) is 0 Å². The highest BCUT2D eigenvalue weighted by molar-refractivity contribution is 7.93. The highest BCUT2D eigenvalue weighted by atomic mass is 32.2. The third-order valence-electron chi connectivity index (χ3n) is 2.64. The van der Waals surface area contributed by atoms with Gasteiger partial charge >= 0.3 is 0 Å². The van der Waals surface area contributed by atoms with Crippen LogP contribution in [0.2, 0.25) is 0 Å². The summed E-state index contributed by atoms with van der Waals surface area (Å²) in [7, 11) is -6.75. The predicted octanol–water partition coefficient (Wildman–Crippen LogP) is -1.05. The van der Waals surface area contributed by atoms with Crippen LogP contribution in [0.3, 0.4) is 0 Å². The third kappa shape index (κ3) is 6.35. The summed E-state index contributed by atoms with van der Waals surface area (Å²) >= 11 is 0. The molecule has 2 unspecified atom stereocenters. The quantitative estimate of drug-likeness (QED) is 0.672. The van der Waals surface area contributed by atoms with Crippen LogP contribution in [0.5, 0.6) is 0 Å². The summed E-state index contributed by atoms with van der Waals surface area (Å²) < 4.78 is 47.7. The molecule has 1 fully saturated rings. The SMILES string of the molecule is CC1CNCC(NS(=O)(=O)CCS(C)(=O)=O)C1. The molecule has 17 heavy (non-hydrogen) atoms. The maximum Gasteiger partial charge on any atom is 0.212 e. The third-order valence-corrected chi connectivity index (χ3v) is 5.28. The summed E-state index contributed by atoms with van der Waals surface area (Å²) in [6, 6.07) is -0.136. The number of sulfonamides is 1. The molecule has 0 aromatic heterocycles. The summed E-state index contributed by atoms with van der Waals surface area (Å²) in [5.74, 6) is -0.277. The molecule has 2 N–H and O–H groups in total. The summed E-state index contributed by atoms with van der Waals surface area (Å²) in [5.41, 5.74) is 0. The number of hydrogen-bond donors (Lipinski definition) is 2. The molecule has 0 amide bonds. The van der Waals surface area contributed by atoms with E-state index in [2.05, 4.69) is 10.0 Å². The van der Waals surface area contributed by atoms with Crippen molar-refractivity contribution in [2.45, 2.75) is 19.4 Å². The molecule has 0 bridgehead atoms. The Balaban J connectivity index is 2.49. The number of piperidine rings is 1. The number of sulfone groups is 1. The molecule has 1 rings (SSSR count). The van der Waals surface area contributed by atoms with Crippen molar-refractivity contribution in [1.82, 2.24) is 10.0 Å². The molecule has 102 valence electrons. The molecule has 0 radical (unpaired) electrons. The average molecular weight is 284 g/mol. The first kappa shape index (κ1) is 14.9. The van der Waals surface area contributed by atoms with Gasteiger partial charge in [0.2, 0.25) is 10.0 Å². The van der Waals surface area contributed by atoms with E-state index in [9.17, 15) is 16.8 Å². The monoisotopic (exact) mass is 284 g/mol. The Morgan fingerprint density at radius 2 is 1.82 bits per heavy atom. The molecule has 8 heteroatoms. The van der Waals surface area contributed by atoms with Crippen LogP contribution in [0.1, 0.15) is 13.3 Å². The topological polar surface area (TPSA) is 92.3 Å². The zero-order valence-electron chi connectivity index (χ0n) is 10.1. The van der Waals surface area contributed by atoms with E-state index in [4.69, 9.17) is 0 Å². The Labute approximate surface area is 103 Å². The van der Waals surface area contributed by atoms with E-state index in [0.717, 1.165) is 19.2 Å². The fourth-order valence-corrected chi connectivity index (χ4v) is 4.71. The van der Waals surface area contributed by atoms with Gasteiger partial charge in [0.05, 0.1) is 11.5 Å². The normalized spacial score (nSPS) is 26.9. The van der Waals surface area contributed by atoms with E-state index in [1.54, 1.807) is 0 Å². The summed E-state index contributed by atoms with van der Waals surface area (Å²) in [5, 5.41) is 3.13. The minimum absolute atomic E-state index is 0.136. The molecular formula is C9H20N2O4S2. The van der Waals surface area contributed by atoms with Crippen LogP contribution in [0.4, 0.5) is 0 Å². The fraction of sp³-hybridized carbons (Fsp3) is 1.00. The van der Waals surface area contributed by atoms with Gasteiger partial charge in [0.25, 0.3) is 0 Å². The fourth-order valence-electron chi connectivity index (χ4n) is 1.82. The molecule has 0 aromatic carbocycles. The second-order valence-electron chi connectivity index (χ2n) is 4.76. The molecule has 0 saturated carbocycles. The van der Waals surface area contributed by atoms with Crippen molar-refractivity contribution >= 4 is 19.9 Å². The van der Waals surface area contributed by atoms with Crippen LogP contribution in [-0.2, 0) is 19.9 Å². The van der Waals surface area contributed by atoms with Gasteiger partial charge in [0.15, 0.2) is 0 Å². The summed E-state index contributed by atoms with van der Waals surface area (Å²) in [6.45, 7) is 3.54. The number of hydrogen-bond acceptors (Lipinski definition) is 5. The summed E-state index contributed by atoms with van der Waals surface area (Å²) in [4.78, 5) is 0. The predicted molar refractivity (Wildman–Crippen MR) is 67.1 cm³/mol. The van der Waals surface area contributed by atoms with Gasteiger partial charge in [-0.05, 0) is 18.9 Å². The molecule has 2 atom stereocenters. The molecule has 1 heterocycles. The van der Waals surface area contributed by atoms with Gasteiger partial charge < -0.3 is 5.32 Å². The van der Waals surface area contributed by atoms with Crippen LogP contribution in [0, 0.1) is 5.92 Å². The molecule has 1 saturated heterocycles. The molecule has 0 aromatic rings. The van der Waals surface area contributed by atoms with Crippen molar-refractivity contribution in [2.24, 2.45) is 5.92 Å². The zero-order chi connectivity index (χ0) is 13.1. The van der Waals surface area contributed by atoms with Crippen LogP contribution in [-0.4, -0.2) is 53.7 Å². The number of rotatable bonds is 5. The lowest BCUT2D eigenvalue weighted by Crippen LogP contribution is -2.49. The van der Waals surface area contributed by atoms with Crippen molar-refractivity contribution in [3.05, 3.63) is 0 Å².